The van der Waals surface area contributed by atoms with E-state index in [0.29, 0.717) is 25.4 Å². The fraction of sp³-hybridized carbons (Fsp3) is 0.500. The zero-order valence-electron chi connectivity index (χ0n) is 11.3. The van der Waals surface area contributed by atoms with Crippen molar-refractivity contribution in [3.63, 3.8) is 0 Å². The largest absolute Gasteiger partial charge is 0.377 e. The highest BCUT2D eigenvalue weighted by molar-refractivity contribution is 5.71. The predicted octanol–water partition coefficient (Wildman–Crippen LogP) is 1.63. The second-order valence-corrected chi connectivity index (χ2v) is 4.73. The Morgan fingerprint density at radius 1 is 1.30 bits per heavy atom. The summed E-state index contributed by atoms with van der Waals surface area (Å²) in [6.45, 7) is 2.90. The van der Waals surface area contributed by atoms with E-state index in [1.807, 2.05) is 12.1 Å². The molecule has 1 unspecified atom stereocenters. The van der Waals surface area contributed by atoms with Crippen LogP contribution in [-0.2, 0) is 9.47 Å². The zero-order chi connectivity index (χ0) is 13.6. The molecular formula is C14H18N4O2. The van der Waals surface area contributed by atoms with Gasteiger partial charge in [0.2, 0.25) is 0 Å². The van der Waals surface area contributed by atoms with Crippen molar-refractivity contribution >= 4 is 17.0 Å². The van der Waals surface area contributed by atoms with Gasteiger partial charge in [-0.2, -0.15) is 0 Å². The minimum atomic E-state index is 0.282. The van der Waals surface area contributed by atoms with Crippen molar-refractivity contribution in [3.05, 3.63) is 24.5 Å². The van der Waals surface area contributed by atoms with Gasteiger partial charge in [-0.15, -0.1) is 0 Å². The first-order chi connectivity index (χ1) is 9.92. The van der Waals surface area contributed by atoms with Gasteiger partial charge in [-0.25, -0.2) is 9.97 Å². The van der Waals surface area contributed by atoms with Crippen LogP contribution in [0.3, 0.4) is 0 Å². The lowest BCUT2D eigenvalue weighted by Crippen LogP contribution is -2.18. The van der Waals surface area contributed by atoms with E-state index in [9.17, 15) is 0 Å². The molecular weight excluding hydrogens is 256 g/mol. The summed E-state index contributed by atoms with van der Waals surface area (Å²) in [7, 11) is 0. The average molecular weight is 274 g/mol. The molecule has 1 aliphatic heterocycles. The summed E-state index contributed by atoms with van der Waals surface area (Å²) in [5.74, 6) is 0.790. The van der Waals surface area contributed by atoms with Gasteiger partial charge in [0.1, 0.15) is 11.3 Å². The van der Waals surface area contributed by atoms with Gasteiger partial charge in [0.25, 0.3) is 0 Å². The van der Waals surface area contributed by atoms with Gasteiger partial charge in [0.15, 0.2) is 5.65 Å². The molecule has 6 nitrogen and oxygen atoms in total. The second kappa shape index (κ2) is 6.58. The standard InChI is InChI=1S/C14H18N4O2/c1-2-11(20-8-1)10-19-9-7-16-13-4-3-12-14(18-13)17-6-5-15-12/h3-6,11H,1-2,7-10H2,(H,16,17,18). The van der Waals surface area contributed by atoms with Crippen LogP contribution < -0.4 is 5.32 Å². The van der Waals surface area contributed by atoms with Crippen molar-refractivity contribution in [2.75, 3.05) is 31.7 Å². The summed E-state index contributed by atoms with van der Waals surface area (Å²) in [5.41, 5.74) is 1.45. The number of rotatable bonds is 6. The van der Waals surface area contributed by atoms with E-state index in [1.54, 1.807) is 12.4 Å². The molecule has 106 valence electrons. The highest BCUT2D eigenvalue weighted by Gasteiger charge is 2.14. The van der Waals surface area contributed by atoms with Gasteiger partial charge in [-0.3, -0.25) is 4.98 Å². The number of aromatic nitrogens is 3. The molecule has 3 rings (SSSR count). The molecule has 1 N–H and O–H groups in total. The molecule has 2 aromatic heterocycles. The number of fused-ring (bicyclic) bond motifs is 1. The molecule has 0 radical (unpaired) electrons. The monoisotopic (exact) mass is 274 g/mol. The summed E-state index contributed by atoms with van der Waals surface area (Å²) in [4.78, 5) is 12.7. The lowest BCUT2D eigenvalue weighted by molar-refractivity contribution is 0.0206. The van der Waals surface area contributed by atoms with Crippen LogP contribution in [0.2, 0.25) is 0 Å². The van der Waals surface area contributed by atoms with Crippen molar-refractivity contribution in [1.29, 1.82) is 0 Å². The van der Waals surface area contributed by atoms with E-state index in [0.717, 1.165) is 30.8 Å². The molecule has 1 aliphatic rings. The smallest absolute Gasteiger partial charge is 0.180 e. The first kappa shape index (κ1) is 13.2. The first-order valence-corrected chi connectivity index (χ1v) is 6.93. The third-order valence-electron chi connectivity index (χ3n) is 3.21. The molecule has 0 aliphatic carbocycles. The third kappa shape index (κ3) is 3.40. The van der Waals surface area contributed by atoms with E-state index in [1.165, 1.54) is 0 Å². The summed E-state index contributed by atoms with van der Waals surface area (Å²) in [5, 5.41) is 3.22. The molecule has 0 bridgehead atoms. The minimum Gasteiger partial charge on any atom is -0.377 e. The van der Waals surface area contributed by atoms with E-state index in [-0.39, 0.29) is 6.10 Å². The maximum absolute atomic E-state index is 5.58. The fourth-order valence-corrected chi connectivity index (χ4v) is 2.19. The molecule has 1 fully saturated rings. The molecule has 0 aromatic carbocycles. The summed E-state index contributed by atoms with van der Waals surface area (Å²) in [6.07, 6.45) is 5.84. The lowest BCUT2D eigenvalue weighted by atomic mass is 10.2. The molecule has 2 aromatic rings. The van der Waals surface area contributed by atoms with Gasteiger partial charge >= 0.3 is 0 Å². The van der Waals surface area contributed by atoms with E-state index in [2.05, 4.69) is 20.3 Å². The summed E-state index contributed by atoms with van der Waals surface area (Å²) < 4.78 is 11.1. The van der Waals surface area contributed by atoms with Gasteiger partial charge < -0.3 is 14.8 Å². The summed E-state index contributed by atoms with van der Waals surface area (Å²) >= 11 is 0. The van der Waals surface area contributed by atoms with Crippen LogP contribution in [0.5, 0.6) is 0 Å². The number of pyridine rings is 1. The molecule has 0 amide bonds. The van der Waals surface area contributed by atoms with E-state index >= 15 is 0 Å². The first-order valence-electron chi connectivity index (χ1n) is 6.93. The van der Waals surface area contributed by atoms with Gasteiger partial charge in [0.05, 0.1) is 19.3 Å². The Balaban J connectivity index is 1.42. The lowest BCUT2D eigenvalue weighted by Gasteiger charge is -2.10. The average Bonchev–Trinajstić information content (AvgIpc) is 3.00. The molecule has 0 spiro atoms. The highest BCUT2D eigenvalue weighted by atomic mass is 16.5. The van der Waals surface area contributed by atoms with E-state index in [4.69, 9.17) is 9.47 Å². The quantitative estimate of drug-likeness (QED) is 0.807. The second-order valence-electron chi connectivity index (χ2n) is 4.73. The molecule has 1 saturated heterocycles. The number of nitrogens with one attached hydrogen (secondary N) is 1. The van der Waals surface area contributed by atoms with Crippen LogP contribution in [0.25, 0.3) is 11.2 Å². The maximum Gasteiger partial charge on any atom is 0.180 e. The number of nitrogens with zero attached hydrogens (tertiary/aromatic N) is 3. The molecule has 0 saturated carbocycles. The van der Waals surface area contributed by atoms with Crippen LogP contribution in [0.4, 0.5) is 5.82 Å². The van der Waals surface area contributed by atoms with Crippen molar-refractivity contribution in [1.82, 2.24) is 15.0 Å². The number of hydrogen-bond donors (Lipinski definition) is 1. The van der Waals surface area contributed by atoms with Crippen molar-refractivity contribution < 1.29 is 9.47 Å². The van der Waals surface area contributed by atoms with Crippen LogP contribution >= 0.6 is 0 Å². The Hall–Kier alpha value is -1.79. The van der Waals surface area contributed by atoms with Crippen LogP contribution in [0.15, 0.2) is 24.5 Å². The fourth-order valence-electron chi connectivity index (χ4n) is 2.19. The Bertz CT molecular complexity index is 558. The van der Waals surface area contributed by atoms with E-state index < -0.39 is 0 Å². The molecule has 20 heavy (non-hydrogen) atoms. The highest BCUT2D eigenvalue weighted by Crippen LogP contribution is 2.12. The van der Waals surface area contributed by atoms with Crippen molar-refractivity contribution in [3.8, 4) is 0 Å². The molecule has 6 heteroatoms. The Morgan fingerprint density at radius 2 is 2.25 bits per heavy atom. The topological polar surface area (TPSA) is 69.2 Å². The molecule has 1 atom stereocenters. The Kier molecular flexibility index (Phi) is 4.35. The van der Waals surface area contributed by atoms with Crippen LogP contribution in [0, 0.1) is 0 Å². The Labute approximate surface area is 117 Å². The van der Waals surface area contributed by atoms with Crippen molar-refractivity contribution in [2.24, 2.45) is 0 Å². The van der Waals surface area contributed by atoms with Crippen LogP contribution in [0.1, 0.15) is 12.8 Å². The number of hydrogen-bond acceptors (Lipinski definition) is 6. The van der Waals surface area contributed by atoms with Gasteiger partial charge in [0, 0.05) is 25.5 Å². The Morgan fingerprint density at radius 3 is 3.15 bits per heavy atom. The molecule has 3 heterocycles. The third-order valence-corrected chi connectivity index (χ3v) is 3.21. The normalized spacial score (nSPS) is 18.5. The van der Waals surface area contributed by atoms with Crippen molar-refractivity contribution in [2.45, 2.75) is 18.9 Å². The SMILES string of the molecule is c1cnc2nc(NCCOCC3CCCO3)ccc2n1. The maximum atomic E-state index is 5.58. The van der Waals surface area contributed by atoms with Gasteiger partial charge in [-0.1, -0.05) is 0 Å². The van der Waals surface area contributed by atoms with Gasteiger partial charge in [-0.05, 0) is 25.0 Å². The number of anilines is 1. The predicted molar refractivity (Wildman–Crippen MR) is 75.6 cm³/mol. The van der Waals surface area contributed by atoms with Crippen LogP contribution in [-0.4, -0.2) is 47.4 Å². The number of ether oxygens (including phenoxy) is 2. The minimum absolute atomic E-state index is 0.282. The summed E-state index contributed by atoms with van der Waals surface area (Å²) in [6, 6.07) is 3.81. The zero-order valence-corrected chi connectivity index (χ0v) is 11.3.